The molecule has 0 aliphatic carbocycles. The maximum atomic E-state index is 13.0. The number of nitrogens with one attached hydrogen (secondary N) is 1. The minimum atomic E-state index is -4.71. The van der Waals surface area contributed by atoms with Gasteiger partial charge in [0.1, 0.15) is 17.6 Å². The Labute approximate surface area is 174 Å². The van der Waals surface area contributed by atoms with Crippen LogP contribution in [0.1, 0.15) is 28.8 Å². The molecular weight excluding hydrogens is 413 g/mol. The van der Waals surface area contributed by atoms with Crippen LogP contribution in [0.15, 0.2) is 48.8 Å². The second-order valence-corrected chi connectivity index (χ2v) is 6.82. The molecule has 1 unspecified atom stereocenters. The average Bonchev–Trinajstić information content (AvgIpc) is 3.18. The Morgan fingerprint density at radius 3 is 2.65 bits per heavy atom. The van der Waals surface area contributed by atoms with Crippen molar-refractivity contribution in [1.29, 1.82) is 0 Å². The van der Waals surface area contributed by atoms with Crippen LogP contribution in [0.4, 0.5) is 19.0 Å². The van der Waals surface area contributed by atoms with Gasteiger partial charge in [-0.1, -0.05) is 18.2 Å². The third-order valence-electron chi connectivity index (χ3n) is 4.83. The van der Waals surface area contributed by atoms with Gasteiger partial charge in [-0.2, -0.15) is 18.3 Å². The SMILES string of the molecule is CCN1C(=O)C(NC(=O)c2nccc(C(F)(F)F)n2)Cc2cnn(-c3ccccc3)c21. The van der Waals surface area contributed by atoms with Crippen LogP contribution in [-0.2, 0) is 17.4 Å². The zero-order chi connectivity index (χ0) is 22.2. The molecule has 1 aliphatic rings. The van der Waals surface area contributed by atoms with E-state index >= 15 is 0 Å². The Kier molecular flexibility index (Phi) is 5.17. The predicted octanol–water partition coefficient (Wildman–Crippen LogP) is 2.39. The number of rotatable bonds is 4. The largest absolute Gasteiger partial charge is 0.433 e. The number of likely N-dealkylation sites (N-methyl/N-ethyl adjacent to an activating group) is 1. The fraction of sp³-hybridized carbons (Fsp3) is 0.250. The van der Waals surface area contributed by atoms with Gasteiger partial charge in [0.15, 0.2) is 0 Å². The first-order valence-corrected chi connectivity index (χ1v) is 9.44. The van der Waals surface area contributed by atoms with Crippen LogP contribution in [0, 0.1) is 0 Å². The molecule has 11 heteroatoms. The average molecular weight is 430 g/mol. The summed E-state index contributed by atoms with van der Waals surface area (Å²) in [5.74, 6) is -1.41. The lowest BCUT2D eigenvalue weighted by atomic mass is 10.0. The molecule has 1 atom stereocenters. The van der Waals surface area contributed by atoms with E-state index in [1.807, 2.05) is 30.3 Å². The summed E-state index contributed by atoms with van der Waals surface area (Å²) in [6, 6.07) is 8.96. The molecule has 2 aromatic heterocycles. The lowest BCUT2D eigenvalue weighted by Gasteiger charge is -2.32. The third kappa shape index (κ3) is 3.86. The molecule has 0 saturated heterocycles. The highest BCUT2D eigenvalue weighted by molar-refractivity contribution is 6.03. The quantitative estimate of drug-likeness (QED) is 0.686. The highest BCUT2D eigenvalue weighted by atomic mass is 19.4. The van der Waals surface area contributed by atoms with E-state index in [4.69, 9.17) is 0 Å². The smallest absolute Gasteiger partial charge is 0.337 e. The van der Waals surface area contributed by atoms with Gasteiger partial charge in [0.25, 0.3) is 11.8 Å². The Morgan fingerprint density at radius 1 is 1.23 bits per heavy atom. The van der Waals surface area contributed by atoms with Crippen molar-refractivity contribution in [2.45, 2.75) is 25.6 Å². The number of alkyl halides is 3. The van der Waals surface area contributed by atoms with Crippen molar-refractivity contribution in [1.82, 2.24) is 25.1 Å². The molecule has 1 aromatic carbocycles. The first-order valence-electron chi connectivity index (χ1n) is 9.44. The maximum Gasteiger partial charge on any atom is 0.433 e. The highest BCUT2D eigenvalue weighted by Crippen LogP contribution is 2.30. The minimum Gasteiger partial charge on any atom is -0.337 e. The second kappa shape index (κ2) is 7.82. The van der Waals surface area contributed by atoms with Crippen molar-refractivity contribution in [3.63, 3.8) is 0 Å². The number of fused-ring (bicyclic) bond motifs is 1. The van der Waals surface area contributed by atoms with Gasteiger partial charge in [0.2, 0.25) is 5.82 Å². The van der Waals surface area contributed by atoms with E-state index in [2.05, 4.69) is 20.4 Å². The molecule has 31 heavy (non-hydrogen) atoms. The molecule has 8 nitrogen and oxygen atoms in total. The van der Waals surface area contributed by atoms with Gasteiger partial charge in [-0.05, 0) is 25.1 Å². The lowest BCUT2D eigenvalue weighted by molar-refractivity contribution is -0.141. The molecule has 1 aliphatic heterocycles. The Morgan fingerprint density at radius 2 is 1.97 bits per heavy atom. The fourth-order valence-corrected chi connectivity index (χ4v) is 3.43. The minimum absolute atomic E-state index is 0.141. The van der Waals surface area contributed by atoms with Crippen molar-refractivity contribution >= 4 is 17.6 Å². The summed E-state index contributed by atoms with van der Waals surface area (Å²) in [7, 11) is 0. The molecule has 3 heterocycles. The van der Waals surface area contributed by atoms with Crippen LogP contribution < -0.4 is 10.2 Å². The van der Waals surface area contributed by atoms with Crippen LogP contribution in [-0.4, -0.2) is 44.1 Å². The van der Waals surface area contributed by atoms with Crippen LogP contribution in [0.5, 0.6) is 0 Å². The Balaban J connectivity index is 1.61. The van der Waals surface area contributed by atoms with Crippen LogP contribution >= 0.6 is 0 Å². The maximum absolute atomic E-state index is 13.0. The highest BCUT2D eigenvalue weighted by Gasteiger charge is 2.37. The molecule has 4 rings (SSSR count). The number of para-hydroxylation sites is 1. The Hall–Kier alpha value is -3.76. The predicted molar refractivity (Wildman–Crippen MR) is 104 cm³/mol. The fourth-order valence-electron chi connectivity index (χ4n) is 3.43. The van der Waals surface area contributed by atoms with Crippen molar-refractivity contribution in [3.8, 4) is 5.69 Å². The summed E-state index contributed by atoms with van der Waals surface area (Å²) < 4.78 is 40.2. The number of benzene rings is 1. The van der Waals surface area contributed by atoms with Crippen LogP contribution in [0.25, 0.3) is 5.69 Å². The van der Waals surface area contributed by atoms with Gasteiger partial charge in [-0.15, -0.1) is 0 Å². The van der Waals surface area contributed by atoms with Gasteiger partial charge < -0.3 is 5.32 Å². The number of halogens is 3. The zero-order valence-corrected chi connectivity index (χ0v) is 16.3. The first kappa shape index (κ1) is 20.5. The van der Waals surface area contributed by atoms with E-state index in [1.54, 1.807) is 17.8 Å². The molecule has 0 saturated carbocycles. The van der Waals surface area contributed by atoms with E-state index in [0.29, 0.717) is 18.4 Å². The van der Waals surface area contributed by atoms with E-state index < -0.39 is 35.6 Å². The summed E-state index contributed by atoms with van der Waals surface area (Å²) in [4.78, 5) is 33.9. The molecular formula is C20H17F3N6O2. The number of carbonyl (C=O) groups is 2. The summed E-state index contributed by atoms with van der Waals surface area (Å²) in [5, 5.41) is 6.83. The molecule has 0 radical (unpaired) electrons. The first-order chi connectivity index (χ1) is 14.8. The summed E-state index contributed by atoms with van der Waals surface area (Å²) >= 11 is 0. The molecule has 3 aromatic rings. The lowest BCUT2D eigenvalue weighted by Crippen LogP contribution is -2.53. The summed E-state index contributed by atoms with van der Waals surface area (Å²) in [5.41, 5.74) is 0.264. The summed E-state index contributed by atoms with van der Waals surface area (Å²) in [6.07, 6.45) is -2.11. The number of amides is 2. The molecule has 0 fully saturated rings. The molecule has 2 amide bonds. The second-order valence-electron chi connectivity index (χ2n) is 6.82. The summed E-state index contributed by atoms with van der Waals surface area (Å²) in [6.45, 7) is 2.10. The van der Waals surface area contributed by atoms with Gasteiger partial charge in [0, 0.05) is 24.7 Å². The van der Waals surface area contributed by atoms with Gasteiger partial charge in [-0.25, -0.2) is 14.6 Å². The third-order valence-corrected chi connectivity index (χ3v) is 4.83. The van der Waals surface area contributed by atoms with Crippen LogP contribution in [0.2, 0.25) is 0 Å². The van der Waals surface area contributed by atoms with E-state index in [1.165, 1.54) is 4.90 Å². The zero-order valence-electron chi connectivity index (χ0n) is 16.3. The number of anilines is 1. The topological polar surface area (TPSA) is 93.0 Å². The number of hydrogen-bond donors (Lipinski definition) is 1. The molecule has 0 bridgehead atoms. The van der Waals surface area contributed by atoms with Gasteiger partial charge >= 0.3 is 6.18 Å². The Bertz CT molecular complexity index is 1130. The van der Waals surface area contributed by atoms with Crippen LogP contribution in [0.3, 0.4) is 0 Å². The van der Waals surface area contributed by atoms with Gasteiger partial charge in [0.05, 0.1) is 11.9 Å². The normalized spacial score (nSPS) is 16.2. The van der Waals surface area contributed by atoms with Crippen molar-refractivity contribution in [2.24, 2.45) is 0 Å². The van der Waals surface area contributed by atoms with Crippen molar-refractivity contribution < 1.29 is 22.8 Å². The van der Waals surface area contributed by atoms with Gasteiger partial charge in [-0.3, -0.25) is 14.5 Å². The molecule has 0 spiro atoms. The monoisotopic (exact) mass is 430 g/mol. The number of nitrogens with zero attached hydrogens (tertiary/aromatic N) is 5. The molecule has 160 valence electrons. The van der Waals surface area contributed by atoms with E-state index in [-0.39, 0.29) is 6.42 Å². The van der Waals surface area contributed by atoms with E-state index in [9.17, 15) is 22.8 Å². The van der Waals surface area contributed by atoms with E-state index in [0.717, 1.165) is 17.4 Å². The number of aromatic nitrogens is 4. The van der Waals surface area contributed by atoms with Crippen molar-refractivity contribution in [3.05, 3.63) is 65.9 Å². The number of carbonyl (C=O) groups excluding carboxylic acids is 2. The molecule has 1 N–H and O–H groups in total. The number of hydrogen-bond acceptors (Lipinski definition) is 5. The van der Waals surface area contributed by atoms with Crippen molar-refractivity contribution in [2.75, 3.05) is 11.4 Å². The standard InChI is InChI=1S/C20H17F3N6O2/c1-2-28-18-12(11-25-29(18)13-6-4-3-5-7-13)10-14(19(28)31)26-17(30)16-24-9-8-15(27-16)20(21,22)23/h3-9,11,14H,2,10H2,1H3,(H,26,30).